The second-order valence-corrected chi connectivity index (χ2v) is 4.75. The van der Waals surface area contributed by atoms with Gasteiger partial charge in [-0.15, -0.1) is 12.4 Å². The molecule has 0 bridgehead atoms. The average molecular weight is 262 g/mol. The Kier molecular flexibility index (Phi) is 5.21. The quantitative estimate of drug-likeness (QED) is 0.657. The number of hydrogen-bond acceptors (Lipinski definition) is 3. The number of nitrogens with one attached hydrogen (secondary N) is 2. The van der Waals surface area contributed by atoms with Gasteiger partial charge in [-0.1, -0.05) is 6.42 Å². The summed E-state index contributed by atoms with van der Waals surface area (Å²) >= 11 is 0. The molecule has 1 saturated carbocycles. The molecule has 3 unspecified atom stereocenters. The van der Waals surface area contributed by atoms with E-state index in [1.807, 2.05) is 0 Å². The maximum Gasteiger partial charge on any atom is 0.225 e. The van der Waals surface area contributed by atoms with Crippen molar-refractivity contribution < 1.29 is 9.59 Å². The molecular formula is C11H20ClN3O2. The summed E-state index contributed by atoms with van der Waals surface area (Å²) in [6.07, 6.45) is 3.57. The van der Waals surface area contributed by atoms with Gasteiger partial charge in [-0.05, 0) is 25.3 Å². The first-order valence-electron chi connectivity index (χ1n) is 5.98. The molecule has 0 aromatic carbocycles. The molecule has 5 nitrogen and oxygen atoms in total. The largest absolute Gasteiger partial charge is 0.355 e. The number of rotatable bonds is 3. The van der Waals surface area contributed by atoms with Gasteiger partial charge in [0.1, 0.15) is 0 Å². The summed E-state index contributed by atoms with van der Waals surface area (Å²) in [5.41, 5.74) is 5.66. The third kappa shape index (κ3) is 3.33. The average Bonchev–Trinajstić information content (AvgIpc) is 2.86. The number of nitrogens with two attached hydrogens (primary N) is 1. The molecule has 2 aliphatic rings. The summed E-state index contributed by atoms with van der Waals surface area (Å²) in [6, 6.07) is 0.216. The van der Waals surface area contributed by atoms with Gasteiger partial charge in [0.15, 0.2) is 0 Å². The second kappa shape index (κ2) is 6.21. The Morgan fingerprint density at radius 1 is 1.47 bits per heavy atom. The van der Waals surface area contributed by atoms with E-state index in [1.165, 1.54) is 0 Å². The summed E-state index contributed by atoms with van der Waals surface area (Å²) in [4.78, 5) is 22.9. The van der Waals surface area contributed by atoms with E-state index < -0.39 is 0 Å². The van der Waals surface area contributed by atoms with Gasteiger partial charge in [0.25, 0.3) is 0 Å². The predicted molar refractivity (Wildman–Crippen MR) is 66.7 cm³/mol. The number of halogens is 1. The van der Waals surface area contributed by atoms with Crippen molar-refractivity contribution in [1.82, 2.24) is 10.6 Å². The molecule has 0 spiro atoms. The van der Waals surface area contributed by atoms with E-state index in [0.717, 1.165) is 19.3 Å². The van der Waals surface area contributed by atoms with E-state index in [1.54, 1.807) is 0 Å². The minimum absolute atomic E-state index is 0. The van der Waals surface area contributed by atoms with Crippen molar-refractivity contribution in [3.8, 4) is 0 Å². The van der Waals surface area contributed by atoms with Crippen LogP contribution in [0.2, 0.25) is 0 Å². The Labute approximate surface area is 107 Å². The Morgan fingerprint density at radius 2 is 2.24 bits per heavy atom. The Balaban J connectivity index is 0.00000144. The first kappa shape index (κ1) is 14.3. The number of amides is 2. The summed E-state index contributed by atoms with van der Waals surface area (Å²) in [6.45, 7) is 1.11. The maximum atomic E-state index is 11.9. The van der Waals surface area contributed by atoms with Gasteiger partial charge in [0, 0.05) is 19.0 Å². The molecule has 1 saturated heterocycles. The van der Waals surface area contributed by atoms with E-state index in [0.29, 0.717) is 25.4 Å². The highest BCUT2D eigenvalue weighted by molar-refractivity contribution is 5.89. The SMILES string of the molecule is Cl.NCC1CCCC1NC(=O)C1CNC(=O)C1. The van der Waals surface area contributed by atoms with Crippen molar-refractivity contribution >= 4 is 24.2 Å². The van der Waals surface area contributed by atoms with E-state index in [2.05, 4.69) is 10.6 Å². The smallest absolute Gasteiger partial charge is 0.225 e. The fourth-order valence-corrected chi connectivity index (χ4v) is 2.60. The van der Waals surface area contributed by atoms with Crippen LogP contribution in [-0.2, 0) is 9.59 Å². The third-order valence-corrected chi connectivity index (χ3v) is 3.64. The first-order valence-corrected chi connectivity index (χ1v) is 5.98. The van der Waals surface area contributed by atoms with Crippen molar-refractivity contribution in [3.05, 3.63) is 0 Å². The van der Waals surface area contributed by atoms with E-state index in [-0.39, 0.29) is 36.2 Å². The van der Waals surface area contributed by atoms with Crippen LogP contribution in [0.4, 0.5) is 0 Å². The monoisotopic (exact) mass is 261 g/mol. The predicted octanol–water partition coefficient (Wildman–Crippen LogP) is -0.212. The number of carbonyl (C=O) groups is 2. The van der Waals surface area contributed by atoms with Gasteiger partial charge in [-0.3, -0.25) is 9.59 Å². The van der Waals surface area contributed by atoms with Crippen molar-refractivity contribution in [2.75, 3.05) is 13.1 Å². The van der Waals surface area contributed by atoms with E-state index >= 15 is 0 Å². The van der Waals surface area contributed by atoms with Gasteiger partial charge >= 0.3 is 0 Å². The van der Waals surface area contributed by atoms with E-state index in [9.17, 15) is 9.59 Å². The first-order chi connectivity index (χ1) is 7.70. The lowest BCUT2D eigenvalue weighted by molar-refractivity contribution is -0.127. The minimum atomic E-state index is -0.188. The van der Waals surface area contributed by atoms with Gasteiger partial charge in [0.2, 0.25) is 11.8 Å². The highest BCUT2D eigenvalue weighted by Crippen LogP contribution is 2.25. The van der Waals surface area contributed by atoms with Gasteiger partial charge in [0.05, 0.1) is 5.92 Å². The zero-order chi connectivity index (χ0) is 11.5. The van der Waals surface area contributed by atoms with Crippen molar-refractivity contribution in [2.45, 2.75) is 31.7 Å². The molecular weight excluding hydrogens is 242 g/mol. The molecule has 2 amide bonds. The summed E-state index contributed by atoms with van der Waals surface area (Å²) in [5.74, 6) is 0.200. The summed E-state index contributed by atoms with van der Waals surface area (Å²) in [7, 11) is 0. The molecule has 2 rings (SSSR count). The highest BCUT2D eigenvalue weighted by Gasteiger charge is 2.32. The third-order valence-electron chi connectivity index (χ3n) is 3.64. The van der Waals surface area contributed by atoms with Crippen molar-refractivity contribution in [2.24, 2.45) is 17.6 Å². The lowest BCUT2D eigenvalue weighted by atomic mass is 10.0. The molecule has 1 aliphatic carbocycles. The van der Waals surface area contributed by atoms with Crippen LogP contribution in [0.3, 0.4) is 0 Å². The van der Waals surface area contributed by atoms with Crippen molar-refractivity contribution in [3.63, 3.8) is 0 Å². The fraction of sp³-hybridized carbons (Fsp3) is 0.818. The lowest BCUT2D eigenvalue weighted by Crippen LogP contribution is -2.43. The molecule has 0 radical (unpaired) electrons. The zero-order valence-electron chi connectivity index (χ0n) is 9.78. The van der Waals surface area contributed by atoms with Crippen LogP contribution in [0.5, 0.6) is 0 Å². The second-order valence-electron chi connectivity index (χ2n) is 4.75. The van der Waals surface area contributed by atoms with Crippen LogP contribution in [-0.4, -0.2) is 30.9 Å². The van der Waals surface area contributed by atoms with Gasteiger partial charge in [-0.2, -0.15) is 0 Å². The molecule has 1 aliphatic heterocycles. The van der Waals surface area contributed by atoms with E-state index in [4.69, 9.17) is 5.73 Å². The Bertz CT molecular complexity index is 298. The molecule has 6 heteroatoms. The lowest BCUT2D eigenvalue weighted by Gasteiger charge is -2.21. The number of carbonyl (C=O) groups excluding carboxylic acids is 2. The van der Waals surface area contributed by atoms with Crippen LogP contribution in [0.25, 0.3) is 0 Å². The number of hydrogen-bond donors (Lipinski definition) is 3. The van der Waals surface area contributed by atoms with Crippen LogP contribution >= 0.6 is 12.4 Å². The molecule has 1 heterocycles. The highest BCUT2D eigenvalue weighted by atomic mass is 35.5. The molecule has 4 N–H and O–H groups in total. The molecule has 17 heavy (non-hydrogen) atoms. The van der Waals surface area contributed by atoms with Crippen LogP contribution in [0, 0.1) is 11.8 Å². The topological polar surface area (TPSA) is 84.2 Å². The Hall–Kier alpha value is -0.810. The van der Waals surface area contributed by atoms with Gasteiger partial charge < -0.3 is 16.4 Å². The standard InChI is InChI=1S/C11H19N3O2.ClH/c12-5-7-2-1-3-9(7)14-11(16)8-4-10(15)13-6-8;/h7-9H,1-6,12H2,(H,13,15)(H,14,16);1H. The van der Waals surface area contributed by atoms with Crippen LogP contribution < -0.4 is 16.4 Å². The summed E-state index contributed by atoms with van der Waals surface area (Å²) < 4.78 is 0. The molecule has 98 valence electrons. The molecule has 3 atom stereocenters. The normalized spacial score (nSPS) is 31.8. The van der Waals surface area contributed by atoms with Crippen LogP contribution in [0.1, 0.15) is 25.7 Å². The van der Waals surface area contributed by atoms with Crippen molar-refractivity contribution in [1.29, 1.82) is 0 Å². The minimum Gasteiger partial charge on any atom is -0.355 e. The van der Waals surface area contributed by atoms with Gasteiger partial charge in [-0.25, -0.2) is 0 Å². The Morgan fingerprint density at radius 3 is 2.82 bits per heavy atom. The molecule has 0 aromatic rings. The molecule has 2 fully saturated rings. The zero-order valence-corrected chi connectivity index (χ0v) is 10.6. The fourth-order valence-electron chi connectivity index (χ4n) is 2.60. The maximum absolute atomic E-state index is 11.9. The molecule has 0 aromatic heterocycles. The summed E-state index contributed by atoms with van der Waals surface area (Å²) in [5, 5.41) is 5.71. The van der Waals surface area contributed by atoms with Crippen LogP contribution in [0.15, 0.2) is 0 Å².